The van der Waals surface area contributed by atoms with Gasteiger partial charge in [-0.25, -0.2) is 8.78 Å². The normalized spacial score (nSPS) is 11.0. The molecule has 260 valence electrons. The first-order valence-electron chi connectivity index (χ1n) is 15.2. The molecular formula is C39H54F2O6. The number of aryl methyl sites for hydroxylation is 2. The van der Waals surface area contributed by atoms with E-state index < -0.39 is 33.8 Å². The molecule has 0 amide bonds. The minimum Gasteiger partial charge on any atom is -0.460 e. The summed E-state index contributed by atoms with van der Waals surface area (Å²) >= 11 is 0. The molecule has 3 aromatic carbocycles. The Hall–Kier alpha value is -4.07. The van der Waals surface area contributed by atoms with Gasteiger partial charge in [0.1, 0.15) is 31.5 Å². The maximum absolute atomic E-state index is 13.2. The van der Waals surface area contributed by atoms with Crippen LogP contribution in [0.3, 0.4) is 0 Å². The van der Waals surface area contributed by atoms with E-state index in [1.165, 1.54) is 17.2 Å². The molecule has 0 saturated heterocycles. The summed E-state index contributed by atoms with van der Waals surface area (Å²) in [6, 6.07) is 19.5. The number of carbonyl (C=O) groups is 3. The minimum atomic E-state index is -0.707. The summed E-state index contributed by atoms with van der Waals surface area (Å²) < 4.78 is 41.6. The van der Waals surface area contributed by atoms with Gasteiger partial charge in [0.2, 0.25) is 0 Å². The largest absolute Gasteiger partial charge is 0.460 e. The first-order valence-corrected chi connectivity index (χ1v) is 15.2. The van der Waals surface area contributed by atoms with Gasteiger partial charge in [0.05, 0.1) is 21.8 Å². The summed E-state index contributed by atoms with van der Waals surface area (Å²) in [4.78, 5) is 34.4. The van der Waals surface area contributed by atoms with Crippen LogP contribution in [0.5, 0.6) is 0 Å². The molecule has 0 heterocycles. The zero-order valence-corrected chi connectivity index (χ0v) is 29.2. The molecule has 0 N–H and O–H groups in total. The Morgan fingerprint density at radius 3 is 1.32 bits per heavy atom. The van der Waals surface area contributed by atoms with Gasteiger partial charge >= 0.3 is 17.9 Å². The molecule has 0 bridgehead atoms. The van der Waals surface area contributed by atoms with Crippen LogP contribution >= 0.6 is 0 Å². The quantitative estimate of drug-likeness (QED) is 0.194. The molecule has 0 saturated carbocycles. The van der Waals surface area contributed by atoms with E-state index in [1.54, 1.807) is 20.8 Å². The fourth-order valence-corrected chi connectivity index (χ4v) is 3.24. The number of benzene rings is 3. The van der Waals surface area contributed by atoms with Crippen LogP contribution in [0, 0.1) is 41.7 Å². The first kappa shape index (κ1) is 42.9. The van der Waals surface area contributed by atoms with Gasteiger partial charge in [-0.05, 0) is 99.4 Å². The summed E-state index contributed by atoms with van der Waals surface area (Å²) in [7, 11) is 0. The number of hydrogen-bond donors (Lipinski definition) is 0. The van der Waals surface area contributed by atoms with Crippen molar-refractivity contribution in [3.8, 4) is 0 Å². The van der Waals surface area contributed by atoms with Crippen molar-refractivity contribution in [3.05, 3.63) is 106 Å². The molecule has 0 radical (unpaired) electrons. The third kappa shape index (κ3) is 16.9. The molecule has 0 aliphatic rings. The van der Waals surface area contributed by atoms with E-state index in [4.69, 9.17) is 14.2 Å². The molecule has 0 spiro atoms. The van der Waals surface area contributed by atoms with Crippen LogP contribution in [0.2, 0.25) is 0 Å². The molecule has 47 heavy (non-hydrogen) atoms. The number of esters is 3. The summed E-state index contributed by atoms with van der Waals surface area (Å²) in [5.74, 6) is -2.23. The highest BCUT2D eigenvalue weighted by Crippen LogP contribution is 2.20. The lowest BCUT2D eigenvalue weighted by Crippen LogP contribution is -2.23. The Morgan fingerprint density at radius 1 is 0.532 bits per heavy atom. The zero-order chi connectivity index (χ0) is 35.3. The van der Waals surface area contributed by atoms with Gasteiger partial charge in [0, 0.05) is 0 Å². The molecule has 3 rings (SSSR count). The van der Waals surface area contributed by atoms with Crippen molar-refractivity contribution in [1.82, 2.24) is 0 Å². The Kier molecular flexibility index (Phi) is 17.3. The number of carbonyl (C=O) groups excluding carboxylic acids is 3. The van der Waals surface area contributed by atoms with Crippen LogP contribution in [-0.2, 0) is 48.4 Å². The number of ether oxygens (including phenoxy) is 3. The molecule has 0 atom stereocenters. The van der Waals surface area contributed by atoms with Crippen molar-refractivity contribution in [3.63, 3.8) is 0 Å². The smallest absolute Gasteiger partial charge is 0.311 e. The van der Waals surface area contributed by atoms with Gasteiger partial charge in [-0.3, -0.25) is 14.4 Å². The van der Waals surface area contributed by atoms with E-state index in [2.05, 4.69) is 0 Å². The molecular weight excluding hydrogens is 602 g/mol. The molecule has 0 aromatic heterocycles. The van der Waals surface area contributed by atoms with Crippen molar-refractivity contribution < 1.29 is 37.4 Å². The molecule has 8 heteroatoms. The summed E-state index contributed by atoms with van der Waals surface area (Å²) in [6.45, 7) is 20.5. The second-order valence-corrected chi connectivity index (χ2v) is 14.2. The van der Waals surface area contributed by atoms with E-state index in [1.807, 2.05) is 104 Å². The number of halogens is 2. The molecule has 0 unspecified atom stereocenters. The topological polar surface area (TPSA) is 78.9 Å². The van der Waals surface area contributed by atoms with Crippen LogP contribution in [-0.4, -0.2) is 17.9 Å². The highest BCUT2D eigenvalue weighted by atomic mass is 19.1. The third-order valence-corrected chi connectivity index (χ3v) is 6.19. The van der Waals surface area contributed by atoms with Gasteiger partial charge in [0.25, 0.3) is 0 Å². The number of rotatable bonds is 6. The Morgan fingerprint density at radius 2 is 0.915 bits per heavy atom. The molecule has 6 nitrogen and oxygen atoms in total. The van der Waals surface area contributed by atoms with E-state index in [-0.39, 0.29) is 31.5 Å². The maximum Gasteiger partial charge on any atom is 0.311 e. The predicted octanol–water partition coefficient (Wildman–Crippen LogP) is 9.86. The molecule has 3 aromatic rings. The fourth-order valence-electron chi connectivity index (χ4n) is 3.24. The van der Waals surface area contributed by atoms with Gasteiger partial charge in [-0.2, -0.15) is 0 Å². The van der Waals surface area contributed by atoms with Crippen molar-refractivity contribution >= 4 is 17.9 Å². The zero-order valence-electron chi connectivity index (χ0n) is 29.2. The highest BCUT2D eigenvalue weighted by molar-refractivity contribution is 5.76. The molecule has 0 fully saturated rings. The lowest BCUT2D eigenvalue weighted by atomic mass is 9.97. The number of hydrogen-bond acceptors (Lipinski definition) is 6. The van der Waals surface area contributed by atoms with E-state index in [9.17, 15) is 23.2 Å². The van der Waals surface area contributed by atoms with Crippen LogP contribution < -0.4 is 0 Å². The van der Waals surface area contributed by atoms with Crippen molar-refractivity contribution in [1.29, 1.82) is 0 Å². The van der Waals surface area contributed by atoms with Gasteiger partial charge in [0.15, 0.2) is 0 Å². The van der Waals surface area contributed by atoms with E-state index in [0.717, 1.165) is 23.3 Å². The average Bonchev–Trinajstić information content (AvgIpc) is 2.94. The van der Waals surface area contributed by atoms with Gasteiger partial charge in [-0.1, -0.05) is 73.2 Å². The lowest BCUT2D eigenvalue weighted by Gasteiger charge is -2.16. The monoisotopic (exact) mass is 656 g/mol. The predicted molar refractivity (Wildman–Crippen MR) is 183 cm³/mol. The highest BCUT2D eigenvalue weighted by Gasteiger charge is 2.25. The minimum absolute atomic E-state index is 0. The summed E-state index contributed by atoms with van der Waals surface area (Å²) in [6.07, 6.45) is 0. The third-order valence-electron chi connectivity index (χ3n) is 6.19. The van der Waals surface area contributed by atoms with Gasteiger partial charge in [-0.15, -0.1) is 0 Å². The lowest BCUT2D eigenvalue weighted by molar-refractivity contribution is -0.155. The Balaban J connectivity index is 0.000000669. The van der Waals surface area contributed by atoms with Crippen molar-refractivity contribution in [2.75, 3.05) is 0 Å². The van der Waals surface area contributed by atoms with E-state index in [0.29, 0.717) is 13.2 Å². The van der Waals surface area contributed by atoms with Crippen LogP contribution in [0.25, 0.3) is 0 Å². The van der Waals surface area contributed by atoms with Gasteiger partial charge < -0.3 is 14.2 Å². The van der Waals surface area contributed by atoms with Crippen LogP contribution in [0.4, 0.5) is 8.78 Å². The molecule has 0 aliphatic heterocycles. The van der Waals surface area contributed by atoms with E-state index >= 15 is 0 Å². The average molecular weight is 657 g/mol. The Labute approximate surface area is 280 Å². The second-order valence-electron chi connectivity index (χ2n) is 14.2. The van der Waals surface area contributed by atoms with Crippen LogP contribution in [0.1, 0.15) is 97.6 Å². The van der Waals surface area contributed by atoms with Crippen molar-refractivity contribution in [2.24, 2.45) is 16.2 Å². The SMILES string of the molecule is C.CC(C)(C)C(=O)OCc1c(F)cccc1F.Cc1ccc(COC(=O)C(C)(C)C)cc1.Cc1cccc(COC(=O)C(C)(C)C)c1. The summed E-state index contributed by atoms with van der Waals surface area (Å²) in [5.41, 5.74) is 2.70. The fraction of sp³-hybridized carbons (Fsp3) is 0.462. The first-order chi connectivity index (χ1) is 21.1. The molecule has 0 aliphatic carbocycles. The van der Waals surface area contributed by atoms with Crippen molar-refractivity contribution in [2.45, 2.75) is 103 Å². The standard InChI is InChI=1S/2C13H18O2.C12H14F2O2.CH4/c1-10-5-7-11(8-6-10)9-15-12(14)13(2,3)4;1-10-6-5-7-11(8-10)9-15-12(14)13(2,3)4;1-12(2,3)11(15)16-7-8-9(13)5-4-6-10(8)14;/h2*5-8H,9H2,1-4H3;4-6H,7H2,1-3H3;1H4. The Bertz CT molecular complexity index is 1410. The maximum atomic E-state index is 13.2. The van der Waals surface area contributed by atoms with Crippen LogP contribution in [0.15, 0.2) is 66.7 Å². The summed E-state index contributed by atoms with van der Waals surface area (Å²) in [5, 5.41) is 0. The second kappa shape index (κ2) is 18.9.